The van der Waals surface area contributed by atoms with Gasteiger partial charge < -0.3 is 5.73 Å². The SMILES string of the molecule is NC(=O)c1ccc(F)c(-c2c(F)cccc2F)n1. The van der Waals surface area contributed by atoms with E-state index >= 15 is 0 Å². The molecule has 6 heteroatoms. The van der Waals surface area contributed by atoms with Crippen LogP contribution in [-0.4, -0.2) is 10.9 Å². The van der Waals surface area contributed by atoms with E-state index in [-0.39, 0.29) is 5.69 Å². The monoisotopic (exact) mass is 252 g/mol. The summed E-state index contributed by atoms with van der Waals surface area (Å²) in [6, 6.07) is 5.01. The molecule has 2 rings (SSSR count). The van der Waals surface area contributed by atoms with Gasteiger partial charge in [-0.1, -0.05) is 6.07 Å². The third-order valence-corrected chi connectivity index (χ3v) is 2.30. The fourth-order valence-electron chi connectivity index (χ4n) is 1.48. The highest BCUT2D eigenvalue weighted by Gasteiger charge is 2.18. The van der Waals surface area contributed by atoms with Crippen molar-refractivity contribution < 1.29 is 18.0 Å². The van der Waals surface area contributed by atoms with Gasteiger partial charge in [0.25, 0.3) is 5.91 Å². The predicted molar refractivity (Wildman–Crippen MR) is 58.1 cm³/mol. The molecule has 0 spiro atoms. The molecule has 1 heterocycles. The van der Waals surface area contributed by atoms with Gasteiger partial charge in [0, 0.05) is 0 Å². The number of primary amides is 1. The minimum atomic E-state index is -0.969. The van der Waals surface area contributed by atoms with Crippen molar-refractivity contribution in [1.29, 1.82) is 0 Å². The minimum absolute atomic E-state index is 0.269. The Morgan fingerprint density at radius 2 is 1.61 bits per heavy atom. The Balaban J connectivity index is 2.70. The number of hydrogen-bond donors (Lipinski definition) is 1. The van der Waals surface area contributed by atoms with Gasteiger partial charge in [-0.2, -0.15) is 0 Å². The van der Waals surface area contributed by atoms with Gasteiger partial charge in [0.1, 0.15) is 28.8 Å². The van der Waals surface area contributed by atoms with Crippen LogP contribution in [-0.2, 0) is 0 Å². The normalized spacial score (nSPS) is 10.4. The van der Waals surface area contributed by atoms with E-state index in [9.17, 15) is 18.0 Å². The molecule has 1 aromatic heterocycles. The van der Waals surface area contributed by atoms with Crippen molar-refractivity contribution in [2.24, 2.45) is 5.73 Å². The number of aromatic nitrogens is 1. The molecular weight excluding hydrogens is 245 g/mol. The summed E-state index contributed by atoms with van der Waals surface area (Å²) in [4.78, 5) is 14.4. The van der Waals surface area contributed by atoms with E-state index in [1.165, 1.54) is 0 Å². The number of halogens is 3. The van der Waals surface area contributed by atoms with Gasteiger partial charge in [0.2, 0.25) is 0 Å². The molecular formula is C12H7F3N2O. The molecule has 0 unspecified atom stereocenters. The average Bonchev–Trinajstić information content (AvgIpc) is 2.30. The molecule has 0 bridgehead atoms. The molecule has 0 atom stereocenters. The van der Waals surface area contributed by atoms with E-state index in [2.05, 4.69) is 4.98 Å². The first-order valence-electron chi connectivity index (χ1n) is 4.91. The van der Waals surface area contributed by atoms with Crippen molar-refractivity contribution in [2.45, 2.75) is 0 Å². The smallest absolute Gasteiger partial charge is 0.267 e. The molecule has 3 nitrogen and oxygen atoms in total. The van der Waals surface area contributed by atoms with Crippen molar-refractivity contribution in [1.82, 2.24) is 4.98 Å². The van der Waals surface area contributed by atoms with Gasteiger partial charge in [-0.15, -0.1) is 0 Å². The van der Waals surface area contributed by atoms with Crippen molar-refractivity contribution in [3.05, 3.63) is 53.5 Å². The van der Waals surface area contributed by atoms with Crippen molar-refractivity contribution in [3.8, 4) is 11.3 Å². The van der Waals surface area contributed by atoms with Crippen LogP contribution < -0.4 is 5.73 Å². The predicted octanol–water partition coefficient (Wildman–Crippen LogP) is 2.26. The van der Waals surface area contributed by atoms with Gasteiger partial charge in [-0.25, -0.2) is 18.2 Å². The van der Waals surface area contributed by atoms with Gasteiger partial charge >= 0.3 is 0 Å². The largest absolute Gasteiger partial charge is 0.364 e. The molecule has 0 aliphatic heterocycles. The van der Waals surface area contributed by atoms with Crippen molar-refractivity contribution >= 4 is 5.91 Å². The van der Waals surface area contributed by atoms with E-state index in [1.807, 2.05) is 0 Å². The van der Waals surface area contributed by atoms with Crippen molar-refractivity contribution in [2.75, 3.05) is 0 Å². The second kappa shape index (κ2) is 4.48. The van der Waals surface area contributed by atoms with Crippen LogP contribution in [0.25, 0.3) is 11.3 Å². The molecule has 0 saturated carbocycles. The van der Waals surface area contributed by atoms with Crippen LogP contribution in [0.4, 0.5) is 13.2 Å². The summed E-state index contributed by atoms with van der Waals surface area (Å²) in [5, 5.41) is 0. The van der Waals surface area contributed by atoms with Gasteiger partial charge in [-0.05, 0) is 24.3 Å². The summed E-state index contributed by atoms with van der Waals surface area (Å²) in [7, 11) is 0. The Morgan fingerprint density at radius 1 is 1.00 bits per heavy atom. The molecule has 0 fully saturated rings. The quantitative estimate of drug-likeness (QED) is 0.891. The van der Waals surface area contributed by atoms with Crippen molar-refractivity contribution in [3.63, 3.8) is 0 Å². The van der Waals surface area contributed by atoms with E-state index in [4.69, 9.17) is 5.73 Å². The van der Waals surface area contributed by atoms with E-state index in [1.54, 1.807) is 0 Å². The van der Waals surface area contributed by atoms with Crippen LogP contribution in [0.5, 0.6) is 0 Å². The summed E-state index contributed by atoms with van der Waals surface area (Å²) in [6.07, 6.45) is 0. The maximum absolute atomic E-state index is 13.5. The lowest BCUT2D eigenvalue weighted by Crippen LogP contribution is -2.14. The van der Waals surface area contributed by atoms with E-state index in [0.717, 1.165) is 30.3 Å². The lowest BCUT2D eigenvalue weighted by atomic mass is 10.1. The van der Waals surface area contributed by atoms with Gasteiger partial charge in [0.15, 0.2) is 0 Å². The highest BCUT2D eigenvalue weighted by molar-refractivity contribution is 5.91. The number of nitrogens with two attached hydrogens (primary N) is 1. The van der Waals surface area contributed by atoms with Gasteiger partial charge in [0.05, 0.1) is 5.56 Å². The standard InChI is InChI=1S/C12H7F3N2O/c13-6-2-1-3-7(14)10(6)11-8(15)4-5-9(17-11)12(16)18/h1-5H,(H2,16,18). The van der Waals surface area contributed by atoms with Crippen LogP contribution in [0.3, 0.4) is 0 Å². The number of pyridine rings is 1. The molecule has 0 aliphatic carbocycles. The van der Waals surface area contributed by atoms with Crippen LogP contribution in [0.15, 0.2) is 30.3 Å². The number of nitrogens with zero attached hydrogens (tertiary/aromatic N) is 1. The summed E-state index contributed by atoms with van der Waals surface area (Å²) >= 11 is 0. The van der Waals surface area contributed by atoms with Gasteiger partial charge in [-0.3, -0.25) is 4.79 Å². The number of benzene rings is 1. The molecule has 1 amide bonds. The Hall–Kier alpha value is -2.37. The summed E-state index contributed by atoms with van der Waals surface area (Å²) < 4.78 is 40.5. The van der Waals surface area contributed by atoms with Crippen LogP contribution >= 0.6 is 0 Å². The lowest BCUT2D eigenvalue weighted by molar-refractivity contribution is 0.0995. The zero-order valence-electron chi connectivity index (χ0n) is 8.95. The number of rotatable bonds is 2. The Morgan fingerprint density at radius 3 is 2.17 bits per heavy atom. The molecule has 92 valence electrons. The number of carbonyl (C=O) groups is 1. The molecule has 0 radical (unpaired) electrons. The highest BCUT2D eigenvalue weighted by Crippen LogP contribution is 2.26. The van der Waals surface area contributed by atoms with Crippen LogP contribution in [0.1, 0.15) is 10.5 Å². The molecule has 1 aromatic carbocycles. The second-order valence-electron chi connectivity index (χ2n) is 3.49. The number of amides is 1. The first-order chi connectivity index (χ1) is 8.50. The summed E-state index contributed by atoms with van der Waals surface area (Å²) in [5.74, 6) is -3.79. The average molecular weight is 252 g/mol. The molecule has 0 saturated heterocycles. The lowest BCUT2D eigenvalue weighted by Gasteiger charge is -2.06. The summed E-state index contributed by atoms with van der Waals surface area (Å²) in [5.41, 5.74) is 3.50. The van der Waals surface area contributed by atoms with E-state index in [0.29, 0.717) is 0 Å². The third kappa shape index (κ3) is 2.04. The molecule has 0 aliphatic rings. The summed E-state index contributed by atoms with van der Waals surface area (Å²) in [6.45, 7) is 0. The topological polar surface area (TPSA) is 56.0 Å². The fraction of sp³-hybridized carbons (Fsp3) is 0. The zero-order chi connectivity index (χ0) is 13.3. The molecule has 2 N–H and O–H groups in total. The first kappa shape index (κ1) is 12.1. The Bertz CT molecular complexity index is 608. The fourth-order valence-corrected chi connectivity index (χ4v) is 1.48. The Kier molecular flexibility index (Phi) is 3.01. The number of carbonyl (C=O) groups excluding carboxylic acids is 1. The maximum atomic E-state index is 13.5. The highest BCUT2D eigenvalue weighted by atomic mass is 19.1. The van der Waals surface area contributed by atoms with Crippen LogP contribution in [0, 0.1) is 17.5 Å². The molecule has 2 aromatic rings. The van der Waals surface area contributed by atoms with Crippen LogP contribution in [0.2, 0.25) is 0 Å². The maximum Gasteiger partial charge on any atom is 0.267 e. The third-order valence-electron chi connectivity index (χ3n) is 2.30. The Labute approximate surface area is 100 Å². The first-order valence-corrected chi connectivity index (χ1v) is 4.91. The van der Waals surface area contributed by atoms with E-state index < -0.39 is 34.6 Å². The second-order valence-corrected chi connectivity index (χ2v) is 3.49. The zero-order valence-corrected chi connectivity index (χ0v) is 8.95. The molecule has 18 heavy (non-hydrogen) atoms. The minimum Gasteiger partial charge on any atom is -0.364 e. The number of hydrogen-bond acceptors (Lipinski definition) is 2.